The van der Waals surface area contributed by atoms with E-state index in [1.54, 1.807) is 48.5 Å². The van der Waals surface area contributed by atoms with Crippen LogP contribution in [-0.2, 0) is 16.0 Å². The maximum atomic E-state index is 11.8. The minimum Gasteiger partial charge on any atom is -0.497 e. The molecule has 0 radical (unpaired) electrons. The van der Waals surface area contributed by atoms with Crippen molar-refractivity contribution in [3.63, 3.8) is 0 Å². The number of amides is 1. The summed E-state index contributed by atoms with van der Waals surface area (Å²) in [7, 11) is 1.53. The van der Waals surface area contributed by atoms with E-state index in [4.69, 9.17) is 14.7 Å². The Hall–Kier alpha value is -3.33. The first-order chi connectivity index (χ1) is 11.6. The van der Waals surface area contributed by atoms with E-state index in [0.29, 0.717) is 23.4 Å². The summed E-state index contributed by atoms with van der Waals surface area (Å²) >= 11 is 0. The van der Waals surface area contributed by atoms with Crippen LogP contribution in [0.1, 0.15) is 15.9 Å². The molecule has 0 bridgehead atoms. The minimum absolute atomic E-state index is 0.313. The van der Waals surface area contributed by atoms with E-state index in [-0.39, 0.29) is 6.61 Å². The zero-order valence-electron chi connectivity index (χ0n) is 13.1. The van der Waals surface area contributed by atoms with Crippen molar-refractivity contribution in [1.29, 1.82) is 5.26 Å². The molecule has 24 heavy (non-hydrogen) atoms. The molecular weight excluding hydrogens is 308 g/mol. The van der Waals surface area contributed by atoms with E-state index in [0.717, 1.165) is 5.56 Å². The Balaban J connectivity index is 1.83. The van der Waals surface area contributed by atoms with Crippen LogP contribution < -0.4 is 10.1 Å². The summed E-state index contributed by atoms with van der Waals surface area (Å²) in [5.74, 6) is -0.397. The predicted molar refractivity (Wildman–Crippen MR) is 87.7 cm³/mol. The second-order valence-electron chi connectivity index (χ2n) is 4.88. The molecule has 1 N–H and O–H groups in total. The number of nitrogens with zero attached hydrogens (tertiary/aromatic N) is 1. The highest BCUT2D eigenvalue weighted by Gasteiger charge is 2.10. The average molecular weight is 324 g/mol. The first-order valence-electron chi connectivity index (χ1n) is 7.19. The smallest absolute Gasteiger partial charge is 0.338 e. The summed E-state index contributed by atoms with van der Waals surface area (Å²) in [6.45, 7) is -0.384. The highest BCUT2D eigenvalue weighted by atomic mass is 16.5. The summed E-state index contributed by atoms with van der Waals surface area (Å²) in [5.41, 5.74) is 1.77. The third-order valence-electron chi connectivity index (χ3n) is 3.18. The molecule has 6 nitrogen and oxygen atoms in total. The molecule has 2 aromatic rings. The monoisotopic (exact) mass is 324 g/mol. The van der Waals surface area contributed by atoms with Gasteiger partial charge in [0.05, 0.1) is 25.2 Å². The Morgan fingerprint density at radius 3 is 2.33 bits per heavy atom. The molecule has 0 aliphatic carbocycles. The van der Waals surface area contributed by atoms with Gasteiger partial charge in [0.2, 0.25) is 0 Å². The van der Waals surface area contributed by atoms with Crippen LogP contribution in [0, 0.1) is 11.3 Å². The normalized spacial score (nSPS) is 9.67. The van der Waals surface area contributed by atoms with Crippen LogP contribution in [0.25, 0.3) is 0 Å². The summed E-state index contributed by atoms with van der Waals surface area (Å²) in [5, 5.41) is 11.2. The molecule has 6 heteroatoms. The zero-order chi connectivity index (χ0) is 17.4. The van der Waals surface area contributed by atoms with Crippen LogP contribution in [0.15, 0.2) is 48.5 Å². The Morgan fingerprint density at radius 1 is 1.08 bits per heavy atom. The number of methoxy groups -OCH3 is 1. The highest BCUT2D eigenvalue weighted by molar-refractivity contribution is 5.95. The van der Waals surface area contributed by atoms with Gasteiger partial charge in [0.15, 0.2) is 6.61 Å². The second-order valence-corrected chi connectivity index (χ2v) is 4.88. The Labute approximate surface area is 139 Å². The van der Waals surface area contributed by atoms with E-state index in [1.807, 2.05) is 6.07 Å². The molecule has 0 fully saturated rings. The van der Waals surface area contributed by atoms with E-state index in [9.17, 15) is 9.59 Å². The van der Waals surface area contributed by atoms with Gasteiger partial charge in [0.1, 0.15) is 5.75 Å². The van der Waals surface area contributed by atoms with Gasteiger partial charge in [-0.05, 0) is 42.0 Å². The summed E-state index contributed by atoms with van der Waals surface area (Å²) in [6, 6.07) is 15.3. The standard InChI is InChI=1S/C18H16N2O4/c1-23-16-8-4-14(5-9-16)18(22)24-12-17(21)20-15-6-2-13(3-7-15)10-11-19/h2-9H,10,12H2,1H3,(H,20,21). The van der Waals surface area contributed by atoms with Gasteiger partial charge >= 0.3 is 5.97 Å². The number of esters is 1. The van der Waals surface area contributed by atoms with E-state index in [2.05, 4.69) is 5.32 Å². The van der Waals surface area contributed by atoms with E-state index < -0.39 is 11.9 Å². The maximum Gasteiger partial charge on any atom is 0.338 e. The van der Waals surface area contributed by atoms with Crippen molar-refractivity contribution in [1.82, 2.24) is 0 Å². The molecule has 0 aromatic heterocycles. The van der Waals surface area contributed by atoms with Gasteiger partial charge in [-0.2, -0.15) is 5.26 Å². The number of carbonyl (C=O) groups is 2. The topological polar surface area (TPSA) is 88.4 Å². The number of hydrogen-bond donors (Lipinski definition) is 1. The lowest BCUT2D eigenvalue weighted by Gasteiger charge is -2.07. The predicted octanol–water partition coefficient (Wildman–Crippen LogP) is 2.56. The van der Waals surface area contributed by atoms with Gasteiger partial charge in [0, 0.05) is 5.69 Å². The van der Waals surface area contributed by atoms with Crippen LogP contribution >= 0.6 is 0 Å². The zero-order valence-corrected chi connectivity index (χ0v) is 13.1. The van der Waals surface area contributed by atoms with Gasteiger partial charge in [-0.3, -0.25) is 4.79 Å². The Morgan fingerprint density at radius 2 is 1.75 bits per heavy atom. The van der Waals surface area contributed by atoms with Gasteiger partial charge in [-0.1, -0.05) is 12.1 Å². The van der Waals surface area contributed by atoms with Gasteiger partial charge < -0.3 is 14.8 Å². The fourth-order valence-corrected chi connectivity index (χ4v) is 1.94. The molecule has 122 valence electrons. The molecule has 0 spiro atoms. The lowest BCUT2D eigenvalue weighted by Crippen LogP contribution is -2.20. The van der Waals surface area contributed by atoms with Gasteiger partial charge in [0.25, 0.3) is 5.91 Å². The first-order valence-corrected chi connectivity index (χ1v) is 7.19. The van der Waals surface area contributed by atoms with Crippen LogP contribution in [0.5, 0.6) is 5.75 Å². The molecule has 0 saturated heterocycles. The van der Waals surface area contributed by atoms with Crippen LogP contribution in [-0.4, -0.2) is 25.6 Å². The number of anilines is 1. The molecule has 0 aliphatic rings. The third-order valence-corrected chi connectivity index (χ3v) is 3.18. The second kappa shape index (κ2) is 8.34. The van der Waals surface area contributed by atoms with Crippen molar-refractivity contribution < 1.29 is 19.1 Å². The number of benzene rings is 2. The van der Waals surface area contributed by atoms with Crippen molar-refractivity contribution in [2.45, 2.75) is 6.42 Å². The number of nitriles is 1. The number of carbonyl (C=O) groups excluding carboxylic acids is 2. The van der Waals surface area contributed by atoms with Crippen LogP contribution in [0.4, 0.5) is 5.69 Å². The van der Waals surface area contributed by atoms with Crippen molar-refractivity contribution in [2.24, 2.45) is 0 Å². The lowest BCUT2D eigenvalue weighted by atomic mass is 10.1. The van der Waals surface area contributed by atoms with Crippen LogP contribution in [0.3, 0.4) is 0 Å². The summed E-state index contributed by atoms with van der Waals surface area (Å²) in [4.78, 5) is 23.6. The van der Waals surface area contributed by atoms with Crippen molar-refractivity contribution >= 4 is 17.6 Å². The quantitative estimate of drug-likeness (QED) is 0.825. The van der Waals surface area contributed by atoms with E-state index in [1.165, 1.54) is 7.11 Å². The number of rotatable bonds is 6. The number of nitrogens with one attached hydrogen (secondary N) is 1. The molecule has 0 heterocycles. The largest absolute Gasteiger partial charge is 0.497 e. The van der Waals surface area contributed by atoms with Crippen molar-refractivity contribution in [3.8, 4) is 11.8 Å². The fourth-order valence-electron chi connectivity index (χ4n) is 1.94. The number of hydrogen-bond acceptors (Lipinski definition) is 5. The minimum atomic E-state index is -0.586. The molecule has 0 aliphatic heterocycles. The molecule has 2 rings (SSSR count). The van der Waals surface area contributed by atoms with E-state index >= 15 is 0 Å². The fraction of sp³-hybridized carbons (Fsp3) is 0.167. The third kappa shape index (κ3) is 4.85. The molecular formula is C18H16N2O4. The first kappa shape index (κ1) is 17.0. The molecule has 0 unspecified atom stereocenters. The van der Waals surface area contributed by atoms with Crippen molar-refractivity contribution in [2.75, 3.05) is 19.0 Å². The highest BCUT2D eigenvalue weighted by Crippen LogP contribution is 2.12. The van der Waals surface area contributed by atoms with Crippen molar-refractivity contribution in [3.05, 3.63) is 59.7 Å². The Bertz CT molecular complexity index is 746. The summed E-state index contributed by atoms with van der Waals surface area (Å²) in [6.07, 6.45) is 0.313. The number of ether oxygens (including phenoxy) is 2. The molecule has 1 amide bonds. The lowest BCUT2D eigenvalue weighted by molar-refractivity contribution is -0.119. The van der Waals surface area contributed by atoms with Gasteiger partial charge in [-0.15, -0.1) is 0 Å². The van der Waals surface area contributed by atoms with Gasteiger partial charge in [-0.25, -0.2) is 4.79 Å². The SMILES string of the molecule is COc1ccc(C(=O)OCC(=O)Nc2ccc(CC#N)cc2)cc1. The molecule has 2 aromatic carbocycles. The summed E-state index contributed by atoms with van der Waals surface area (Å²) < 4.78 is 9.97. The average Bonchev–Trinajstić information content (AvgIpc) is 2.61. The van der Waals surface area contributed by atoms with Crippen LogP contribution in [0.2, 0.25) is 0 Å². The molecule has 0 atom stereocenters. The maximum absolute atomic E-state index is 11.8. The Kier molecular flexibility index (Phi) is 5.92. The molecule has 0 saturated carbocycles.